The van der Waals surface area contributed by atoms with Crippen LogP contribution in [-0.2, 0) is 0 Å². The van der Waals surface area contributed by atoms with Crippen molar-refractivity contribution in [1.82, 2.24) is 15.3 Å². The fourth-order valence-electron chi connectivity index (χ4n) is 3.56. The molecule has 1 atom stereocenters. The second kappa shape index (κ2) is 6.63. The Labute approximate surface area is 132 Å². The maximum absolute atomic E-state index is 12.4. The van der Waals surface area contributed by atoms with Gasteiger partial charge in [-0.2, -0.15) is 0 Å². The van der Waals surface area contributed by atoms with E-state index in [2.05, 4.69) is 27.1 Å². The second-order valence-electron chi connectivity index (χ2n) is 6.81. The van der Waals surface area contributed by atoms with E-state index in [0.717, 1.165) is 31.7 Å². The zero-order valence-electron chi connectivity index (χ0n) is 13.6. The minimum Gasteiger partial charge on any atom is -0.356 e. The first-order chi connectivity index (χ1) is 10.6. The maximum Gasteiger partial charge on any atom is 0.270 e. The van der Waals surface area contributed by atoms with Gasteiger partial charge in [-0.05, 0) is 38.5 Å². The lowest BCUT2D eigenvalue weighted by atomic mass is 10.0. The van der Waals surface area contributed by atoms with Crippen molar-refractivity contribution in [2.24, 2.45) is 5.92 Å². The van der Waals surface area contributed by atoms with Crippen molar-refractivity contribution in [3.63, 3.8) is 0 Å². The van der Waals surface area contributed by atoms with Crippen molar-refractivity contribution in [3.8, 4) is 0 Å². The Kier molecular flexibility index (Phi) is 4.60. The minimum atomic E-state index is -0.0521. The summed E-state index contributed by atoms with van der Waals surface area (Å²) in [4.78, 5) is 23.6. The summed E-state index contributed by atoms with van der Waals surface area (Å²) in [5.41, 5.74) is 0.507. The molecule has 1 amide bonds. The zero-order chi connectivity index (χ0) is 15.5. The van der Waals surface area contributed by atoms with Gasteiger partial charge in [0, 0.05) is 25.2 Å². The Morgan fingerprint density at radius 3 is 2.73 bits per heavy atom. The summed E-state index contributed by atoms with van der Waals surface area (Å²) in [6.45, 7) is 6.17. The van der Waals surface area contributed by atoms with Crippen LogP contribution in [0.4, 0.5) is 5.82 Å². The van der Waals surface area contributed by atoms with E-state index in [4.69, 9.17) is 0 Å². The molecule has 1 aliphatic heterocycles. The normalized spacial score (nSPS) is 22.8. The molecule has 22 heavy (non-hydrogen) atoms. The molecule has 5 nitrogen and oxygen atoms in total. The average molecular weight is 302 g/mol. The largest absolute Gasteiger partial charge is 0.356 e. The molecule has 0 radical (unpaired) electrons. The van der Waals surface area contributed by atoms with Gasteiger partial charge in [0.2, 0.25) is 0 Å². The van der Waals surface area contributed by atoms with Crippen molar-refractivity contribution in [2.75, 3.05) is 18.0 Å². The highest BCUT2D eigenvalue weighted by atomic mass is 16.1. The molecule has 1 aromatic rings. The molecule has 2 aliphatic rings. The van der Waals surface area contributed by atoms with Gasteiger partial charge >= 0.3 is 0 Å². The van der Waals surface area contributed by atoms with Crippen LogP contribution in [-0.4, -0.2) is 35.0 Å². The first-order valence-corrected chi connectivity index (χ1v) is 8.53. The third-order valence-corrected chi connectivity index (χ3v) is 4.73. The molecule has 1 saturated heterocycles. The summed E-state index contributed by atoms with van der Waals surface area (Å²) >= 11 is 0. The Morgan fingerprint density at radius 1 is 1.23 bits per heavy atom. The summed E-state index contributed by atoms with van der Waals surface area (Å²) in [5, 5.41) is 3.11. The highest BCUT2D eigenvalue weighted by Gasteiger charge is 2.22. The Morgan fingerprint density at radius 2 is 2.00 bits per heavy atom. The monoisotopic (exact) mass is 302 g/mol. The molecule has 1 saturated carbocycles. The highest BCUT2D eigenvalue weighted by Crippen LogP contribution is 2.22. The highest BCUT2D eigenvalue weighted by molar-refractivity contribution is 5.93. The molecule has 1 aromatic heterocycles. The number of aryl methyl sites for hydroxylation is 1. The van der Waals surface area contributed by atoms with E-state index in [1.54, 1.807) is 0 Å². The number of nitrogens with zero attached hydrogens (tertiary/aromatic N) is 3. The molecule has 1 N–H and O–H groups in total. The quantitative estimate of drug-likeness (QED) is 0.932. The zero-order valence-corrected chi connectivity index (χ0v) is 13.6. The molecule has 1 unspecified atom stereocenters. The van der Waals surface area contributed by atoms with Crippen molar-refractivity contribution in [2.45, 2.75) is 58.4 Å². The van der Waals surface area contributed by atoms with Crippen molar-refractivity contribution < 1.29 is 4.79 Å². The molecule has 0 spiro atoms. The lowest BCUT2D eigenvalue weighted by molar-refractivity contribution is 0.0932. The van der Waals surface area contributed by atoms with Crippen LogP contribution in [0.1, 0.15) is 61.8 Å². The van der Waals surface area contributed by atoms with Gasteiger partial charge in [-0.1, -0.05) is 19.8 Å². The van der Waals surface area contributed by atoms with E-state index in [0.29, 0.717) is 23.5 Å². The number of nitrogens with one attached hydrogen (secondary N) is 1. The molecule has 1 aliphatic carbocycles. The van der Waals surface area contributed by atoms with Crippen molar-refractivity contribution in [1.29, 1.82) is 0 Å². The lowest BCUT2D eigenvalue weighted by Crippen LogP contribution is -2.36. The van der Waals surface area contributed by atoms with Gasteiger partial charge in [-0.25, -0.2) is 9.97 Å². The van der Waals surface area contributed by atoms with E-state index in [9.17, 15) is 4.79 Å². The smallest absolute Gasteiger partial charge is 0.270 e. The summed E-state index contributed by atoms with van der Waals surface area (Å²) < 4.78 is 0. The predicted octanol–water partition coefficient (Wildman–Crippen LogP) is 2.69. The van der Waals surface area contributed by atoms with Crippen LogP contribution in [0, 0.1) is 12.8 Å². The van der Waals surface area contributed by atoms with Gasteiger partial charge < -0.3 is 10.2 Å². The van der Waals surface area contributed by atoms with E-state index >= 15 is 0 Å². The SMILES string of the molecule is Cc1nc(C(=O)NC2CCCC2)cc(N2CCCC(C)C2)n1. The number of piperidine rings is 1. The number of hydrogen-bond acceptors (Lipinski definition) is 4. The first kappa shape index (κ1) is 15.3. The molecule has 5 heteroatoms. The maximum atomic E-state index is 12.4. The van der Waals surface area contributed by atoms with Gasteiger partial charge in [-0.15, -0.1) is 0 Å². The van der Waals surface area contributed by atoms with Crippen LogP contribution in [0.3, 0.4) is 0 Å². The second-order valence-corrected chi connectivity index (χ2v) is 6.81. The van der Waals surface area contributed by atoms with Gasteiger partial charge in [-0.3, -0.25) is 4.79 Å². The van der Waals surface area contributed by atoms with Crippen molar-refractivity contribution >= 4 is 11.7 Å². The molecule has 2 fully saturated rings. The van der Waals surface area contributed by atoms with Gasteiger partial charge in [0.1, 0.15) is 17.3 Å². The number of carbonyl (C=O) groups is 1. The van der Waals surface area contributed by atoms with Crippen LogP contribution in [0.25, 0.3) is 0 Å². The van der Waals surface area contributed by atoms with E-state index in [1.165, 1.54) is 25.7 Å². The fourth-order valence-corrected chi connectivity index (χ4v) is 3.56. The Hall–Kier alpha value is -1.65. The van der Waals surface area contributed by atoms with Crippen LogP contribution in [0.2, 0.25) is 0 Å². The number of anilines is 1. The first-order valence-electron chi connectivity index (χ1n) is 8.53. The molecule has 120 valence electrons. The Bertz CT molecular complexity index is 539. The summed E-state index contributed by atoms with van der Waals surface area (Å²) in [6, 6.07) is 2.18. The van der Waals surface area contributed by atoms with Gasteiger partial charge in [0.25, 0.3) is 5.91 Å². The van der Waals surface area contributed by atoms with Crippen molar-refractivity contribution in [3.05, 3.63) is 17.6 Å². The fraction of sp³-hybridized carbons (Fsp3) is 0.706. The van der Waals surface area contributed by atoms with Crippen LogP contribution < -0.4 is 10.2 Å². The number of aromatic nitrogens is 2. The summed E-state index contributed by atoms with van der Waals surface area (Å²) in [6.07, 6.45) is 7.07. The number of rotatable bonds is 3. The summed E-state index contributed by atoms with van der Waals surface area (Å²) in [5.74, 6) is 2.20. The third kappa shape index (κ3) is 3.57. The Balaban J connectivity index is 1.75. The molecule has 3 rings (SSSR count). The van der Waals surface area contributed by atoms with Crippen LogP contribution >= 0.6 is 0 Å². The molecular weight excluding hydrogens is 276 g/mol. The van der Waals surface area contributed by atoms with Crippen LogP contribution in [0.5, 0.6) is 0 Å². The average Bonchev–Trinajstić information content (AvgIpc) is 2.99. The third-order valence-electron chi connectivity index (χ3n) is 4.73. The standard InChI is InChI=1S/C17H26N4O/c1-12-6-5-9-21(11-12)16-10-15(18-13(2)19-16)17(22)20-14-7-3-4-8-14/h10,12,14H,3-9,11H2,1-2H3,(H,20,22). The number of amides is 1. The predicted molar refractivity (Wildman–Crippen MR) is 87.1 cm³/mol. The number of carbonyl (C=O) groups excluding carboxylic acids is 1. The number of hydrogen-bond donors (Lipinski definition) is 1. The van der Waals surface area contributed by atoms with E-state index < -0.39 is 0 Å². The molecule has 0 aromatic carbocycles. The van der Waals surface area contributed by atoms with Crippen LogP contribution in [0.15, 0.2) is 6.07 Å². The lowest BCUT2D eigenvalue weighted by Gasteiger charge is -2.32. The van der Waals surface area contributed by atoms with Gasteiger partial charge in [0.05, 0.1) is 0 Å². The topological polar surface area (TPSA) is 58.1 Å². The van der Waals surface area contributed by atoms with Gasteiger partial charge in [0.15, 0.2) is 0 Å². The molecular formula is C17H26N4O. The molecule has 0 bridgehead atoms. The van der Waals surface area contributed by atoms with E-state index in [-0.39, 0.29) is 5.91 Å². The van der Waals surface area contributed by atoms with E-state index in [1.807, 2.05) is 13.0 Å². The summed E-state index contributed by atoms with van der Waals surface area (Å²) in [7, 11) is 0. The minimum absolute atomic E-state index is 0.0521. The molecule has 2 heterocycles.